The number of carbonyl (C=O) groups excluding carboxylic acids is 1. The molecule has 0 aliphatic carbocycles. The van der Waals surface area contributed by atoms with Crippen molar-refractivity contribution in [1.29, 1.82) is 0 Å². The van der Waals surface area contributed by atoms with Gasteiger partial charge in [-0.05, 0) is 68.4 Å². The molecule has 1 N–H and O–H groups in total. The standard InChI is InChI=1S/C20H18ClN3O3/c1-13-11-14(2)23-20(22-13)27-18-9-5-16(6-10-18)24-19(25)12-26-17-7-3-15(21)4-8-17/h3-11H,12H2,1-2H3,(H,24,25). The quantitative estimate of drug-likeness (QED) is 0.675. The van der Waals surface area contributed by atoms with Crippen molar-refractivity contribution < 1.29 is 14.3 Å². The molecule has 7 heteroatoms. The first-order valence-corrected chi connectivity index (χ1v) is 8.64. The number of hydrogen-bond acceptors (Lipinski definition) is 5. The van der Waals surface area contributed by atoms with E-state index in [9.17, 15) is 4.79 Å². The Balaban J connectivity index is 1.53. The lowest BCUT2D eigenvalue weighted by Crippen LogP contribution is -2.20. The lowest BCUT2D eigenvalue weighted by Gasteiger charge is -2.09. The van der Waals surface area contributed by atoms with Gasteiger partial charge in [0, 0.05) is 22.1 Å². The summed E-state index contributed by atoms with van der Waals surface area (Å²) in [7, 11) is 0. The van der Waals surface area contributed by atoms with Gasteiger partial charge in [-0.25, -0.2) is 9.97 Å². The second kappa shape index (κ2) is 8.51. The molecule has 2 aromatic carbocycles. The molecule has 0 unspecified atom stereocenters. The van der Waals surface area contributed by atoms with Crippen LogP contribution in [0.4, 0.5) is 5.69 Å². The second-order valence-electron chi connectivity index (χ2n) is 5.85. The maximum absolute atomic E-state index is 12.0. The molecule has 0 radical (unpaired) electrons. The summed E-state index contributed by atoms with van der Waals surface area (Å²) < 4.78 is 11.1. The van der Waals surface area contributed by atoms with Gasteiger partial charge in [0.2, 0.25) is 0 Å². The third kappa shape index (κ3) is 5.69. The highest BCUT2D eigenvalue weighted by Crippen LogP contribution is 2.21. The fraction of sp³-hybridized carbons (Fsp3) is 0.150. The van der Waals surface area contributed by atoms with Crippen LogP contribution in [0.15, 0.2) is 54.6 Å². The fourth-order valence-corrected chi connectivity index (χ4v) is 2.45. The van der Waals surface area contributed by atoms with Crippen LogP contribution in [0.3, 0.4) is 0 Å². The summed E-state index contributed by atoms with van der Waals surface area (Å²) in [6, 6.07) is 15.9. The molecule has 3 rings (SSSR count). The number of ether oxygens (including phenoxy) is 2. The van der Waals surface area contributed by atoms with Crippen LogP contribution in [0.2, 0.25) is 5.02 Å². The molecular weight excluding hydrogens is 366 g/mol. The molecule has 3 aromatic rings. The summed E-state index contributed by atoms with van der Waals surface area (Å²) in [5.74, 6) is 0.887. The maximum Gasteiger partial charge on any atom is 0.322 e. The van der Waals surface area contributed by atoms with Gasteiger partial charge in [-0.2, -0.15) is 0 Å². The Labute approximate surface area is 162 Å². The summed E-state index contributed by atoms with van der Waals surface area (Å²) in [5.41, 5.74) is 2.30. The molecule has 0 saturated heterocycles. The van der Waals surface area contributed by atoms with Crippen molar-refractivity contribution >= 4 is 23.2 Å². The Bertz CT molecular complexity index is 908. The average molecular weight is 384 g/mol. The Kier molecular flexibility index (Phi) is 5.88. The highest BCUT2D eigenvalue weighted by atomic mass is 35.5. The molecule has 138 valence electrons. The summed E-state index contributed by atoms with van der Waals surface area (Å²) in [4.78, 5) is 20.5. The number of nitrogens with one attached hydrogen (secondary N) is 1. The van der Waals surface area contributed by atoms with E-state index in [1.807, 2.05) is 19.9 Å². The topological polar surface area (TPSA) is 73.3 Å². The second-order valence-corrected chi connectivity index (χ2v) is 6.29. The number of halogens is 1. The number of aryl methyl sites for hydroxylation is 2. The van der Waals surface area contributed by atoms with Crippen molar-refractivity contribution in [3.8, 4) is 17.5 Å². The van der Waals surface area contributed by atoms with Gasteiger partial charge in [-0.15, -0.1) is 0 Å². The lowest BCUT2D eigenvalue weighted by molar-refractivity contribution is -0.118. The normalized spacial score (nSPS) is 10.3. The molecule has 1 aromatic heterocycles. The Hall–Kier alpha value is -3.12. The van der Waals surface area contributed by atoms with Crippen LogP contribution in [-0.4, -0.2) is 22.5 Å². The SMILES string of the molecule is Cc1cc(C)nc(Oc2ccc(NC(=O)COc3ccc(Cl)cc3)cc2)n1. The molecule has 0 bridgehead atoms. The van der Waals surface area contributed by atoms with E-state index in [1.165, 1.54) is 0 Å². The van der Waals surface area contributed by atoms with E-state index in [4.69, 9.17) is 21.1 Å². The van der Waals surface area contributed by atoms with Crippen molar-refractivity contribution in [3.05, 3.63) is 71.0 Å². The monoisotopic (exact) mass is 383 g/mol. The molecular formula is C20H18ClN3O3. The van der Waals surface area contributed by atoms with Crippen LogP contribution < -0.4 is 14.8 Å². The molecule has 0 aliphatic rings. The first-order chi connectivity index (χ1) is 13.0. The van der Waals surface area contributed by atoms with E-state index in [2.05, 4.69) is 15.3 Å². The number of anilines is 1. The number of aromatic nitrogens is 2. The first-order valence-electron chi connectivity index (χ1n) is 8.26. The highest BCUT2D eigenvalue weighted by Gasteiger charge is 2.06. The lowest BCUT2D eigenvalue weighted by atomic mass is 10.3. The molecule has 27 heavy (non-hydrogen) atoms. The van der Waals surface area contributed by atoms with Gasteiger partial charge in [-0.3, -0.25) is 4.79 Å². The smallest absolute Gasteiger partial charge is 0.322 e. The number of benzene rings is 2. The Morgan fingerprint density at radius 3 is 2.19 bits per heavy atom. The van der Waals surface area contributed by atoms with E-state index in [0.29, 0.717) is 28.2 Å². The van der Waals surface area contributed by atoms with E-state index in [1.54, 1.807) is 48.5 Å². The van der Waals surface area contributed by atoms with E-state index >= 15 is 0 Å². The van der Waals surface area contributed by atoms with Crippen LogP contribution >= 0.6 is 11.6 Å². The zero-order valence-electron chi connectivity index (χ0n) is 14.9. The van der Waals surface area contributed by atoms with E-state index < -0.39 is 0 Å². The van der Waals surface area contributed by atoms with Gasteiger partial charge in [-0.1, -0.05) is 11.6 Å². The molecule has 1 heterocycles. The zero-order valence-corrected chi connectivity index (χ0v) is 15.7. The van der Waals surface area contributed by atoms with E-state index in [-0.39, 0.29) is 12.5 Å². The van der Waals surface area contributed by atoms with Crippen LogP contribution in [0.5, 0.6) is 17.5 Å². The van der Waals surface area contributed by atoms with Crippen molar-refractivity contribution in [3.63, 3.8) is 0 Å². The molecule has 0 spiro atoms. The maximum atomic E-state index is 12.0. The van der Waals surface area contributed by atoms with Gasteiger partial charge >= 0.3 is 6.01 Å². The average Bonchev–Trinajstić information content (AvgIpc) is 2.62. The summed E-state index contributed by atoms with van der Waals surface area (Å²) in [6.07, 6.45) is 0. The predicted molar refractivity (Wildman–Crippen MR) is 104 cm³/mol. The fourth-order valence-electron chi connectivity index (χ4n) is 2.33. The third-order valence-corrected chi connectivity index (χ3v) is 3.74. The largest absolute Gasteiger partial charge is 0.484 e. The first kappa shape index (κ1) is 18.7. The minimum Gasteiger partial charge on any atom is -0.484 e. The van der Waals surface area contributed by atoms with Crippen LogP contribution in [-0.2, 0) is 4.79 Å². The molecule has 0 atom stereocenters. The Morgan fingerprint density at radius 2 is 1.56 bits per heavy atom. The molecule has 0 fully saturated rings. The number of carbonyl (C=O) groups is 1. The molecule has 0 aliphatic heterocycles. The van der Waals surface area contributed by atoms with Gasteiger partial charge in [0.1, 0.15) is 11.5 Å². The van der Waals surface area contributed by atoms with Gasteiger partial charge in [0.25, 0.3) is 5.91 Å². The molecule has 0 saturated carbocycles. The van der Waals surface area contributed by atoms with Crippen molar-refractivity contribution in [2.24, 2.45) is 0 Å². The van der Waals surface area contributed by atoms with Gasteiger partial charge in [0.15, 0.2) is 6.61 Å². The zero-order chi connectivity index (χ0) is 19.2. The van der Waals surface area contributed by atoms with Crippen LogP contribution in [0, 0.1) is 13.8 Å². The summed E-state index contributed by atoms with van der Waals surface area (Å²) in [6.45, 7) is 3.66. The van der Waals surface area contributed by atoms with Gasteiger partial charge in [0.05, 0.1) is 0 Å². The molecule has 1 amide bonds. The van der Waals surface area contributed by atoms with Crippen LogP contribution in [0.1, 0.15) is 11.4 Å². The predicted octanol–water partition coefficient (Wildman–Crippen LogP) is 4.56. The Morgan fingerprint density at radius 1 is 0.963 bits per heavy atom. The minimum atomic E-state index is -0.267. The highest BCUT2D eigenvalue weighted by molar-refractivity contribution is 6.30. The number of hydrogen-bond donors (Lipinski definition) is 1. The van der Waals surface area contributed by atoms with Crippen LogP contribution in [0.25, 0.3) is 0 Å². The molecule has 6 nitrogen and oxygen atoms in total. The number of rotatable bonds is 6. The third-order valence-electron chi connectivity index (χ3n) is 3.49. The van der Waals surface area contributed by atoms with Gasteiger partial charge < -0.3 is 14.8 Å². The summed E-state index contributed by atoms with van der Waals surface area (Å²) in [5, 5.41) is 3.37. The van der Waals surface area contributed by atoms with Crippen molar-refractivity contribution in [1.82, 2.24) is 9.97 Å². The van der Waals surface area contributed by atoms with Crippen molar-refractivity contribution in [2.75, 3.05) is 11.9 Å². The minimum absolute atomic E-state index is 0.101. The summed E-state index contributed by atoms with van der Waals surface area (Å²) >= 11 is 5.81. The number of nitrogens with zero attached hydrogens (tertiary/aromatic N) is 2. The number of amides is 1. The van der Waals surface area contributed by atoms with Crippen molar-refractivity contribution in [2.45, 2.75) is 13.8 Å². The van der Waals surface area contributed by atoms with E-state index in [0.717, 1.165) is 11.4 Å².